The number of alkyl halides is 1. The molecule has 0 aliphatic heterocycles. The van der Waals surface area contributed by atoms with Crippen molar-refractivity contribution in [1.82, 2.24) is 10.3 Å². The SMILES string of the molecule is COCC(CCl)NCc1nccs1. The predicted octanol–water partition coefficient (Wildman–Crippen LogP) is 1.49. The van der Waals surface area contributed by atoms with Crippen molar-refractivity contribution >= 4 is 22.9 Å². The second kappa shape index (κ2) is 6.32. The van der Waals surface area contributed by atoms with E-state index < -0.39 is 0 Å². The summed E-state index contributed by atoms with van der Waals surface area (Å²) < 4.78 is 5.00. The van der Waals surface area contributed by atoms with Gasteiger partial charge in [0.15, 0.2) is 0 Å². The van der Waals surface area contributed by atoms with Crippen LogP contribution in [0.25, 0.3) is 0 Å². The summed E-state index contributed by atoms with van der Waals surface area (Å²) in [6, 6.07) is 0.204. The zero-order valence-corrected chi connectivity index (χ0v) is 9.07. The number of hydrogen-bond acceptors (Lipinski definition) is 4. The second-order valence-electron chi connectivity index (χ2n) is 2.61. The zero-order valence-electron chi connectivity index (χ0n) is 7.50. The van der Waals surface area contributed by atoms with Crippen LogP contribution in [0.5, 0.6) is 0 Å². The summed E-state index contributed by atoms with van der Waals surface area (Å²) in [5.41, 5.74) is 0. The summed E-state index contributed by atoms with van der Waals surface area (Å²) in [6.07, 6.45) is 1.80. The first-order valence-corrected chi connectivity index (χ1v) is 5.45. The number of hydrogen-bond donors (Lipinski definition) is 1. The number of halogens is 1. The Morgan fingerprint density at radius 3 is 3.15 bits per heavy atom. The van der Waals surface area contributed by atoms with Gasteiger partial charge in [0.1, 0.15) is 5.01 Å². The van der Waals surface area contributed by atoms with E-state index in [9.17, 15) is 0 Å². The van der Waals surface area contributed by atoms with E-state index in [0.717, 1.165) is 11.6 Å². The van der Waals surface area contributed by atoms with E-state index >= 15 is 0 Å². The number of rotatable bonds is 6. The lowest BCUT2D eigenvalue weighted by Gasteiger charge is -2.13. The van der Waals surface area contributed by atoms with Crippen molar-refractivity contribution in [3.05, 3.63) is 16.6 Å². The van der Waals surface area contributed by atoms with Crippen LogP contribution in [0, 0.1) is 0 Å². The molecular formula is C8H13ClN2OS. The summed E-state index contributed by atoms with van der Waals surface area (Å²) in [6.45, 7) is 1.40. The standard InChI is InChI=1S/C8H13ClN2OS/c1-12-6-7(4-9)11-5-8-10-2-3-13-8/h2-3,7,11H,4-6H2,1H3. The Morgan fingerprint density at radius 1 is 1.77 bits per heavy atom. The molecule has 13 heavy (non-hydrogen) atoms. The molecule has 1 N–H and O–H groups in total. The van der Waals surface area contributed by atoms with Gasteiger partial charge in [0.05, 0.1) is 6.61 Å². The Hall–Kier alpha value is -0.160. The lowest BCUT2D eigenvalue weighted by Crippen LogP contribution is -2.34. The Bertz CT molecular complexity index is 218. The van der Waals surface area contributed by atoms with E-state index in [1.54, 1.807) is 24.6 Å². The van der Waals surface area contributed by atoms with Crippen molar-refractivity contribution in [1.29, 1.82) is 0 Å². The molecule has 0 fully saturated rings. The van der Waals surface area contributed by atoms with E-state index in [0.29, 0.717) is 12.5 Å². The molecule has 0 amide bonds. The molecule has 0 aliphatic carbocycles. The van der Waals surface area contributed by atoms with E-state index in [-0.39, 0.29) is 6.04 Å². The maximum atomic E-state index is 5.73. The molecule has 1 heterocycles. The fourth-order valence-electron chi connectivity index (χ4n) is 0.931. The summed E-state index contributed by atoms with van der Waals surface area (Å²) >= 11 is 7.36. The number of methoxy groups -OCH3 is 1. The van der Waals surface area contributed by atoms with Crippen LogP contribution in [0.2, 0.25) is 0 Å². The molecule has 0 spiro atoms. The van der Waals surface area contributed by atoms with Crippen LogP contribution in [0.3, 0.4) is 0 Å². The quantitative estimate of drug-likeness (QED) is 0.738. The lowest BCUT2D eigenvalue weighted by molar-refractivity contribution is 0.172. The molecule has 1 atom stereocenters. The smallest absolute Gasteiger partial charge is 0.106 e. The minimum atomic E-state index is 0.204. The molecule has 0 saturated heterocycles. The van der Waals surface area contributed by atoms with Gasteiger partial charge in [0.25, 0.3) is 0 Å². The molecule has 0 aliphatic rings. The average Bonchev–Trinajstić information content (AvgIpc) is 2.64. The van der Waals surface area contributed by atoms with Gasteiger partial charge in [0.2, 0.25) is 0 Å². The highest BCUT2D eigenvalue weighted by molar-refractivity contribution is 7.09. The molecule has 0 bridgehead atoms. The first-order valence-electron chi connectivity index (χ1n) is 4.03. The van der Waals surface area contributed by atoms with Crippen molar-refractivity contribution in [3.63, 3.8) is 0 Å². The number of thiazole rings is 1. The monoisotopic (exact) mass is 220 g/mol. The van der Waals surface area contributed by atoms with Gasteiger partial charge in [-0.05, 0) is 0 Å². The minimum Gasteiger partial charge on any atom is -0.383 e. The van der Waals surface area contributed by atoms with Crippen LogP contribution in [0.15, 0.2) is 11.6 Å². The van der Waals surface area contributed by atoms with Crippen LogP contribution < -0.4 is 5.32 Å². The molecule has 0 radical (unpaired) electrons. The number of ether oxygens (including phenoxy) is 1. The third-order valence-electron chi connectivity index (χ3n) is 1.58. The molecule has 1 unspecified atom stereocenters. The molecule has 1 rings (SSSR count). The molecule has 5 heteroatoms. The molecule has 1 aromatic rings. The van der Waals surface area contributed by atoms with E-state index in [1.807, 2.05) is 5.38 Å². The van der Waals surface area contributed by atoms with Gasteiger partial charge in [-0.1, -0.05) is 0 Å². The summed E-state index contributed by atoms with van der Waals surface area (Å²) in [7, 11) is 1.67. The van der Waals surface area contributed by atoms with Gasteiger partial charge in [0, 0.05) is 37.2 Å². The maximum Gasteiger partial charge on any atom is 0.106 e. The van der Waals surface area contributed by atoms with Crippen LogP contribution in [0.1, 0.15) is 5.01 Å². The zero-order chi connectivity index (χ0) is 9.52. The Labute approximate surface area is 87.1 Å². The lowest BCUT2D eigenvalue weighted by atomic mass is 10.3. The van der Waals surface area contributed by atoms with Crippen molar-refractivity contribution < 1.29 is 4.74 Å². The first kappa shape index (κ1) is 10.9. The highest BCUT2D eigenvalue weighted by Gasteiger charge is 2.06. The summed E-state index contributed by atoms with van der Waals surface area (Å²) in [5, 5.41) is 6.30. The van der Waals surface area contributed by atoms with E-state index in [2.05, 4.69) is 10.3 Å². The second-order valence-corrected chi connectivity index (χ2v) is 3.90. The van der Waals surface area contributed by atoms with Gasteiger partial charge in [-0.25, -0.2) is 4.98 Å². The van der Waals surface area contributed by atoms with Crippen LogP contribution in [-0.2, 0) is 11.3 Å². The fourth-order valence-corrected chi connectivity index (χ4v) is 1.70. The predicted molar refractivity (Wildman–Crippen MR) is 55.3 cm³/mol. The highest BCUT2D eigenvalue weighted by Crippen LogP contribution is 2.03. The molecule has 3 nitrogen and oxygen atoms in total. The van der Waals surface area contributed by atoms with Gasteiger partial charge < -0.3 is 10.1 Å². The Balaban J connectivity index is 2.23. The number of nitrogens with zero attached hydrogens (tertiary/aromatic N) is 1. The van der Waals surface area contributed by atoms with Crippen molar-refractivity contribution in [3.8, 4) is 0 Å². The van der Waals surface area contributed by atoms with Crippen molar-refractivity contribution in [2.24, 2.45) is 0 Å². The third-order valence-corrected chi connectivity index (χ3v) is 2.73. The minimum absolute atomic E-state index is 0.204. The Morgan fingerprint density at radius 2 is 2.62 bits per heavy atom. The van der Waals surface area contributed by atoms with E-state index in [4.69, 9.17) is 16.3 Å². The number of nitrogens with one attached hydrogen (secondary N) is 1. The topological polar surface area (TPSA) is 34.1 Å². The van der Waals surface area contributed by atoms with Crippen LogP contribution in [-0.4, -0.2) is 30.6 Å². The molecular weight excluding hydrogens is 208 g/mol. The van der Waals surface area contributed by atoms with Crippen molar-refractivity contribution in [2.45, 2.75) is 12.6 Å². The summed E-state index contributed by atoms with van der Waals surface area (Å²) in [4.78, 5) is 4.15. The third kappa shape index (κ3) is 4.04. The molecule has 1 aromatic heterocycles. The fraction of sp³-hybridized carbons (Fsp3) is 0.625. The van der Waals surface area contributed by atoms with Gasteiger partial charge in [-0.3, -0.25) is 0 Å². The normalized spacial score (nSPS) is 13.1. The van der Waals surface area contributed by atoms with Crippen molar-refractivity contribution in [2.75, 3.05) is 19.6 Å². The van der Waals surface area contributed by atoms with Gasteiger partial charge >= 0.3 is 0 Å². The van der Waals surface area contributed by atoms with Gasteiger partial charge in [-0.15, -0.1) is 22.9 Å². The summed E-state index contributed by atoms with van der Waals surface area (Å²) in [5.74, 6) is 0.555. The maximum absolute atomic E-state index is 5.73. The highest BCUT2D eigenvalue weighted by atomic mass is 35.5. The number of aromatic nitrogens is 1. The van der Waals surface area contributed by atoms with Crippen LogP contribution in [0.4, 0.5) is 0 Å². The Kier molecular flexibility index (Phi) is 5.31. The first-order chi connectivity index (χ1) is 6.36. The van der Waals surface area contributed by atoms with Crippen LogP contribution >= 0.6 is 22.9 Å². The van der Waals surface area contributed by atoms with Gasteiger partial charge in [-0.2, -0.15) is 0 Å². The molecule has 0 saturated carbocycles. The molecule has 0 aromatic carbocycles. The molecule has 74 valence electrons. The average molecular weight is 221 g/mol. The van der Waals surface area contributed by atoms with E-state index in [1.165, 1.54) is 0 Å². The largest absolute Gasteiger partial charge is 0.383 e.